The molecule has 0 aromatic heterocycles. The van der Waals surface area contributed by atoms with Crippen molar-refractivity contribution >= 4 is 11.7 Å². The number of carbonyl (C=O) groups excluding carboxylic acids is 2. The molecule has 0 fully saturated rings. The van der Waals surface area contributed by atoms with Crippen molar-refractivity contribution in [3.05, 3.63) is 0 Å². The molecule has 3 nitrogen and oxygen atoms in total. The summed E-state index contributed by atoms with van der Waals surface area (Å²) in [5.74, 6) is -0.533. The van der Waals surface area contributed by atoms with Crippen molar-refractivity contribution in [2.45, 2.75) is 58.3 Å². The Morgan fingerprint density at radius 2 is 1.57 bits per heavy atom. The van der Waals surface area contributed by atoms with E-state index in [4.69, 9.17) is 5.73 Å². The van der Waals surface area contributed by atoms with Crippen LogP contribution in [0.25, 0.3) is 0 Å². The van der Waals surface area contributed by atoms with E-state index in [0.29, 0.717) is 6.42 Å². The average Bonchev–Trinajstić information content (AvgIpc) is 2.10. The summed E-state index contributed by atoms with van der Waals surface area (Å²) >= 11 is 0. The first-order valence-corrected chi connectivity index (χ1v) is 5.46. The molecule has 0 aromatic rings. The van der Waals surface area contributed by atoms with Crippen molar-refractivity contribution in [1.82, 2.24) is 0 Å². The molecule has 14 heavy (non-hydrogen) atoms. The van der Waals surface area contributed by atoms with Gasteiger partial charge in [-0.1, -0.05) is 39.0 Å². The molecule has 0 aromatic carbocycles. The first-order chi connectivity index (χ1) is 6.66. The van der Waals surface area contributed by atoms with E-state index < -0.39 is 5.91 Å². The fourth-order valence-electron chi connectivity index (χ4n) is 1.39. The smallest absolute Gasteiger partial charge is 0.224 e. The summed E-state index contributed by atoms with van der Waals surface area (Å²) in [6.45, 7) is 2.18. The molecule has 0 heterocycles. The zero-order chi connectivity index (χ0) is 10.8. The van der Waals surface area contributed by atoms with Crippen LogP contribution in [-0.2, 0) is 9.59 Å². The summed E-state index contributed by atoms with van der Waals surface area (Å²) in [5.41, 5.74) is 4.90. The molecule has 1 amide bonds. The number of nitrogens with two attached hydrogens (primary N) is 1. The van der Waals surface area contributed by atoms with E-state index >= 15 is 0 Å². The molecular weight excluding hydrogens is 178 g/mol. The summed E-state index contributed by atoms with van der Waals surface area (Å²) in [6.07, 6.45) is 7.36. The maximum absolute atomic E-state index is 11.0. The summed E-state index contributed by atoms with van der Waals surface area (Å²) in [7, 11) is 0. The van der Waals surface area contributed by atoms with Gasteiger partial charge in [-0.05, 0) is 6.42 Å². The summed E-state index contributed by atoms with van der Waals surface area (Å²) in [5, 5.41) is 0. The highest BCUT2D eigenvalue weighted by molar-refractivity contribution is 5.97. The molecule has 0 aliphatic carbocycles. The van der Waals surface area contributed by atoms with Crippen molar-refractivity contribution in [2.24, 2.45) is 5.73 Å². The molecular formula is C11H21NO2. The molecule has 0 spiro atoms. The first-order valence-electron chi connectivity index (χ1n) is 5.46. The van der Waals surface area contributed by atoms with Gasteiger partial charge in [-0.15, -0.1) is 0 Å². The highest BCUT2D eigenvalue weighted by Crippen LogP contribution is 2.07. The predicted octanol–water partition coefficient (Wildman–Crippen LogP) is 2.18. The maximum Gasteiger partial charge on any atom is 0.224 e. The Balaban J connectivity index is 3.19. The number of ketones is 1. The van der Waals surface area contributed by atoms with Crippen LogP contribution in [0.1, 0.15) is 58.3 Å². The lowest BCUT2D eigenvalue weighted by atomic mass is 10.1. The van der Waals surface area contributed by atoms with Crippen LogP contribution in [0.4, 0.5) is 0 Å². The van der Waals surface area contributed by atoms with Gasteiger partial charge in [0, 0.05) is 6.42 Å². The normalized spacial score (nSPS) is 10.1. The quantitative estimate of drug-likeness (QED) is 0.457. The van der Waals surface area contributed by atoms with E-state index in [1.165, 1.54) is 25.7 Å². The minimum Gasteiger partial charge on any atom is -0.369 e. The lowest BCUT2D eigenvalue weighted by Crippen LogP contribution is -2.15. The fraction of sp³-hybridized carbons (Fsp3) is 0.818. The van der Waals surface area contributed by atoms with Crippen LogP contribution in [0, 0.1) is 0 Å². The van der Waals surface area contributed by atoms with Gasteiger partial charge in [-0.3, -0.25) is 9.59 Å². The zero-order valence-electron chi connectivity index (χ0n) is 9.05. The molecule has 0 atom stereocenters. The number of unbranched alkanes of at least 4 members (excludes halogenated alkanes) is 5. The predicted molar refractivity (Wildman–Crippen MR) is 56.8 cm³/mol. The number of Topliss-reactive ketones (excluding diaryl/α,β-unsaturated/α-hetero) is 1. The Bertz CT molecular complexity index is 178. The molecule has 3 heteroatoms. The number of hydrogen-bond acceptors (Lipinski definition) is 2. The molecule has 0 rings (SSSR count). The van der Waals surface area contributed by atoms with Gasteiger partial charge in [0.2, 0.25) is 5.91 Å². The van der Waals surface area contributed by atoms with E-state index in [1.54, 1.807) is 0 Å². The molecule has 0 aliphatic rings. The van der Waals surface area contributed by atoms with Crippen LogP contribution >= 0.6 is 0 Å². The minimum absolute atomic E-state index is 0.0204. The van der Waals surface area contributed by atoms with Gasteiger partial charge in [0.15, 0.2) is 0 Å². The van der Waals surface area contributed by atoms with Gasteiger partial charge in [0.05, 0.1) is 6.42 Å². The molecule has 0 radical (unpaired) electrons. The maximum atomic E-state index is 11.0. The van der Waals surface area contributed by atoms with E-state index in [9.17, 15) is 9.59 Å². The number of hydrogen-bond donors (Lipinski definition) is 1. The SMILES string of the molecule is CCCCCCCCC(=O)CC(N)=O. The van der Waals surface area contributed by atoms with Crippen molar-refractivity contribution in [1.29, 1.82) is 0 Å². The summed E-state index contributed by atoms with van der Waals surface area (Å²) < 4.78 is 0. The monoisotopic (exact) mass is 199 g/mol. The molecule has 0 saturated heterocycles. The van der Waals surface area contributed by atoms with Crippen LogP contribution in [-0.4, -0.2) is 11.7 Å². The highest BCUT2D eigenvalue weighted by atomic mass is 16.2. The molecule has 0 aliphatic heterocycles. The molecule has 2 N–H and O–H groups in total. The Hall–Kier alpha value is -0.860. The van der Waals surface area contributed by atoms with Crippen LogP contribution in [0.3, 0.4) is 0 Å². The van der Waals surface area contributed by atoms with E-state index in [1.807, 2.05) is 0 Å². The second kappa shape index (κ2) is 8.73. The number of amides is 1. The van der Waals surface area contributed by atoms with Crippen LogP contribution in [0.2, 0.25) is 0 Å². The molecule has 0 saturated carbocycles. The zero-order valence-corrected chi connectivity index (χ0v) is 9.05. The Morgan fingerprint density at radius 1 is 1.00 bits per heavy atom. The third-order valence-corrected chi connectivity index (χ3v) is 2.18. The third-order valence-electron chi connectivity index (χ3n) is 2.18. The molecule has 0 unspecified atom stereocenters. The largest absolute Gasteiger partial charge is 0.369 e. The van der Waals surface area contributed by atoms with E-state index in [-0.39, 0.29) is 12.2 Å². The fourth-order valence-corrected chi connectivity index (χ4v) is 1.39. The van der Waals surface area contributed by atoms with Crippen LogP contribution in [0.15, 0.2) is 0 Å². The second-order valence-electron chi connectivity index (χ2n) is 3.70. The Labute approximate surface area is 86.1 Å². The number of carbonyl (C=O) groups is 2. The van der Waals surface area contributed by atoms with Gasteiger partial charge in [-0.2, -0.15) is 0 Å². The van der Waals surface area contributed by atoms with Crippen molar-refractivity contribution in [3.8, 4) is 0 Å². The average molecular weight is 199 g/mol. The van der Waals surface area contributed by atoms with E-state index in [2.05, 4.69) is 6.92 Å². The third kappa shape index (κ3) is 9.23. The standard InChI is InChI=1S/C11H21NO2/c1-2-3-4-5-6-7-8-10(13)9-11(12)14/h2-9H2,1H3,(H2,12,14). The number of rotatable bonds is 9. The summed E-state index contributed by atoms with van der Waals surface area (Å²) in [4.78, 5) is 21.4. The Kier molecular flexibility index (Phi) is 8.19. The van der Waals surface area contributed by atoms with Crippen LogP contribution < -0.4 is 5.73 Å². The minimum atomic E-state index is -0.513. The van der Waals surface area contributed by atoms with Gasteiger partial charge < -0.3 is 5.73 Å². The van der Waals surface area contributed by atoms with Crippen molar-refractivity contribution in [2.75, 3.05) is 0 Å². The van der Waals surface area contributed by atoms with E-state index in [0.717, 1.165) is 12.8 Å². The number of primary amides is 1. The van der Waals surface area contributed by atoms with Gasteiger partial charge in [-0.25, -0.2) is 0 Å². The van der Waals surface area contributed by atoms with Gasteiger partial charge >= 0.3 is 0 Å². The highest BCUT2D eigenvalue weighted by Gasteiger charge is 2.04. The first kappa shape index (κ1) is 13.1. The Morgan fingerprint density at radius 3 is 2.14 bits per heavy atom. The molecule has 82 valence electrons. The topological polar surface area (TPSA) is 60.2 Å². The van der Waals surface area contributed by atoms with Gasteiger partial charge in [0.1, 0.15) is 5.78 Å². The van der Waals surface area contributed by atoms with Crippen LogP contribution in [0.5, 0.6) is 0 Å². The molecule has 0 bridgehead atoms. The van der Waals surface area contributed by atoms with Crippen molar-refractivity contribution in [3.63, 3.8) is 0 Å². The summed E-state index contributed by atoms with van der Waals surface area (Å²) in [6, 6.07) is 0. The lowest BCUT2D eigenvalue weighted by Gasteiger charge is -1.99. The van der Waals surface area contributed by atoms with Gasteiger partial charge in [0.25, 0.3) is 0 Å². The second-order valence-corrected chi connectivity index (χ2v) is 3.70. The lowest BCUT2D eigenvalue weighted by molar-refractivity contribution is -0.126. The van der Waals surface area contributed by atoms with Crippen molar-refractivity contribution < 1.29 is 9.59 Å².